The molecule has 0 saturated heterocycles. The molecule has 0 atom stereocenters. The highest BCUT2D eigenvalue weighted by atomic mass is 32.2. The first-order valence-electron chi connectivity index (χ1n) is 9.63. The fourth-order valence-electron chi connectivity index (χ4n) is 3.35. The van der Waals surface area contributed by atoms with Crippen molar-refractivity contribution in [3.05, 3.63) is 65.8 Å². The molecule has 2 heterocycles. The molecular weight excluding hydrogens is 412 g/mol. The standard InChI is InChI=1S/C23H22N4OS2/c1-15-20(16-7-4-3-5-8-16)21-22(25-14-26-23(21)30-15)24-12-11-19(28)27-17-9-6-10-18(13-17)29-2/h3-10,13-14H,11-12H2,1-2H3,(H,27,28)(H,24,25,26). The van der Waals surface area contributed by atoms with E-state index in [9.17, 15) is 4.79 Å². The minimum Gasteiger partial charge on any atom is -0.369 e. The Hall–Kier alpha value is -2.90. The molecule has 5 nitrogen and oxygen atoms in total. The van der Waals surface area contributed by atoms with Crippen LogP contribution >= 0.6 is 23.1 Å². The van der Waals surface area contributed by atoms with Crippen LogP contribution in [0.15, 0.2) is 65.8 Å². The predicted octanol–water partition coefficient (Wildman–Crippen LogP) is 5.83. The molecular formula is C23H22N4OS2. The van der Waals surface area contributed by atoms with E-state index in [4.69, 9.17) is 0 Å². The van der Waals surface area contributed by atoms with Gasteiger partial charge in [-0.2, -0.15) is 0 Å². The second-order valence-corrected chi connectivity index (χ2v) is 8.84. The van der Waals surface area contributed by atoms with Crippen LogP contribution in [0.2, 0.25) is 0 Å². The number of nitrogens with zero attached hydrogens (tertiary/aromatic N) is 2. The molecule has 2 aromatic carbocycles. The number of benzene rings is 2. The number of carbonyl (C=O) groups is 1. The van der Waals surface area contributed by atoms with E-state index in [2.05, 4.69) is 39.7 Å². The number of carbonyl (C=O) groups excluding carboxylic acids is 1. The largest absolute Gasteiger partial charge is 0.369 e. The number of hydrogen-bond acceptors (Lipinski definition) is 6. The molecule has 0 aliphatic carbocycles. The van der Waals surface area contributed by atoms with Gasteiger partial charge in [-0.05, 0) is 36.9 Å². The normalized spacial score (nSPS) is 10.9. The highest BCUT2D eigenvalue weighted by Gasteiger charge is 2.16. The van der Waals surface area contributed by atoms with Gasteiger partial charge in [-0.3, -0.25) is 4.79 Å². The Labute approximate surface area is 184 Å². The highest BCUT2D eigenvalue weighted by molar-refractivity contribution is 7.98. The van der Waals surface area contributed by atoms with Crippen molar-refractivity contribution in [1.82, 2.24) is 9.97 Å². The number of hydrogen-bond donors (Lipinski definition) is 2. The van der Waals surface area contributed by atoms with Gasteiger partial charge in [0.05, 0.1) is 5.39 Å². The molecule has 4 aromatic rings. The Morgan fingerprint density at radius 3 is 2.73 bits per heavy atom. The summed E-state index contributed by atoms with van der Waals surface area (Å²) in [6.07, 6.45) is 3.94. The monoisotopic (exact) mass is 434 g/mol. The van der Waals surface area contributed by atoms with Crippen molar-refractivity contribution in [2.45, 2.75) is 18.2 Å². The lowest BCUT2D eigenvalue weighted by Crippen LogP contribution is -2.16. The molecule has 152 valence electrons. The van der Waals surface area contributed by atoms with Crippen LogP contribution in [0.4, 0.5) is 11.5 Å². The van der Waals surface area contributed by atoms with Gasteiger partial charge in [0.15, 0.2) is 0 Å². The van der Waals surface area contributed by atoms with Gasteiger partial charge in [-0.25, -0.2) is 9.97 Å². The van der Waals surface area contributed by atoms with Crippen molar-refractivity contribution in [3.8, 4) is 11.1 Å². The average molecular weight is 435 g/mol. The third kappa shape index (κ3) is 4.47. The van der Waals surface area contributed by atoms with Gasteiger partial charge >= 0.3 is 0 Å². The third-order valence-electron chi connectivity index (χ3n) is 4.72. The van der Waals surface area contributed by atoms with Crippen molar-refractivity contribution in [2.24, 2.45) is 0 Å². The summed E-state index contributed by atoms with van der Waals surface area (Å²) in [5.74, 6) is 0.733. The summed E-state index contributed by atoms with van der Waals surface area (Å²) in [5, 5.41) is 7.31. The first-order valence-corrected chi connectivity index (χ1v) is 11.7. The average Bonchev–Trinajstić information content (AvgIpc) is 3.11. The van der Waals surface area contributed by atoms with Gasteiger partial charge in [0.25, 0.3) is 0 Å². The van der Waals surface area contributed by atoms with Crippen LogP contribution < -0.4 is 10.6 Å². The smallest absolute Gasteiger partial charge is 0.226 e. The predicted molar refractivity (Wildman–Crippen MR) is 128 cm³/mol. The maximum Gasteiger partial charge on any atom is 0.226 e. The molecule has 0 spiro atoms. The Bertz CT molecular complexity index is 1170. The second-order valence-electron chi connectivity index (χ2n) is 6.76. The Balaban J connectivity index is 1.48. The van der Waals surface area contributed by atoms with Crippen LogP contribution in [0.3, 0.4) is 0 Å². The molecule has 0 fully saturated rings. The molecule has 0 radical (unpaired) electrons. The van der Waals surface area contributed by atoms with Crippen molar-refractivity contribution in [2.75, 3.05) is 23.4 Å². The number of thiophene rings is 1. The Morgan fingerprint density at radius 2 is 1.93 bits per heavy atom. The van der Waals surface area contributed by atoms with Crippen LogP contribution in [-0.4, -0.2) is 28.7 Å². The quantitative estimate of drug-likeness (QED) is 0.358. The second kappa shape index (κ2) is 9.28. The Kier molecular flexibility index (Phi) is 6.30. The molecule has 0 bridgehead atoms. The number of anilines is 2. The lowest BCUT2D eigenvalue weighted by atomic mass is 10.0. The van der Waals surface area contributed by atoms with Crippen LogP contribution in [0.1, 0.15) is 11.3 Å². The van der Waals surface area contributed by atoms with Crippen LogP contribution in [0, 0.1) is 6.92 Å². The molecule has 2 N–H and O–H groups in total. The molecule has 0 aliphatic rings. The topological polar surface area (TPSA) is 66.9 Å². The lowest BCUT2D eigenvalue weighted by molar-refractivity contribution is -0.115. The first-order chi connectivity index (χ1) is 14.7. The number of amides is 1. The summed E-state index contributed by atoms with van der Waals surface area (Å²) in [6, 6.07) is 18.1. The molecule has 0 saturated carbocycles. The molecule has 0 aliphatic heterocycles. The summed E-state index contributed by atoms with van der Waals surface area (Å²) in [5.41, 5.74) is 3.11. The van der Waals surface area contributed by atoms with Crippen molar-refractivity contribution in [3.63, 3.8) is 0 Å². The van der Waals surface area contributed by atoms with Crippen LogP contribution in [0.25, 0.3) is 21.3 Å². The van der Waals surface area contributed by atoms with E-state index in [1.165, 1.54) is 4.88 Å². The third-order valence-corrected chi connectivity index (χ3v) is 6.46. The van der Waals surface area contributed by atoms with Crippen LogP contribution in [-0.2, 0) is 4.79 Å². The van der Waals surface area contributed by atoms with E-state index >= 15 is 0 Å². The zero-order valence-electron chi connectivity index (χ0n) is 16.8. The molecule has 2 aromatic heterocycles. The molecule has 0 unspecified atom stereocenters. The first kappa shape index (κ1) is 20.4. The zero-order chi connectivity index (χ0) is 20.9. The SMILES string of the molecule is CSc1cccc(NC(=O)CCNc2ncnc3sc(C)c(-c4ccccc4)c23)c1. The van der Waals surface area contributed by atoms with E-state index < -0.39 is 0 Å². The Morgan fingerprint density at radius 1 is 1.10 bits per heavy atom. The summed E-state index contributed by atoms with van der Waals surface area (Å²) in [6.45, 7) is 2.60. The highest BCUT2D eigenvalue weighted by Crippen LogP contribution is 2.40. The van der Waals surface area contributed by atoms with Gasteiger partial charge < -0.3 is 10.6 Å². The van der Waals surface area contributed by atoms with E-state index in [-0.39, 0.29) is 5.91 Å². The number of thioether (sulfide) groups is 1. The van der Waals surface area contributed by atoms with Crippen LogP contribution in [0.5, 0.6) is 0 Å². The van der Waals surface area contributed by atoms with E-state index in [1.54, 1.807) is 29.4 Å². The maximum absolute atomic E-state index is 12.4. The molecule has 30 heavy (non-hydrogen) atoms. The number of aromatic nitrogens is 2. The molecule has 4 rings (SSSR count). The summed E-state index contributed by atoms with van der Waals surface area (Å²) in [7, 11) is 0. The fraction of sp³-hybridized carbons (Fsp3) is 0.174. The van der Waals surface area contributed by atoms with Crippen molar-refractivity contribution < 1.29 is 4.79 Å². The maximum atomic E-state index is 12.4. The minimum atomic E-state index is -0.0316. The van der Waals surface area contributed by atoms with Crippen molar-refractivity contribution in [1.29, 1.82) is 0 Å². The fourth-order valence-corrected chi connectivity index (χ4v) is 4.82. The van der Waals surface area contributed by atoms with Gasteiger partial charge in [0.1, 0.15) is 17.0 Å². The number of aryl methyl sites for hydroxylation is 1. The lowest BCUT2D eigenvalue weighted by Gasteiger charge is -2.10. The van der Waals surface area contributed by atoms with E-state index in [0.29, 0.717) is 13.0 Å². The summed E-state index contributed by atoms with van der Waals surface area (Å²) >= 11 is 3.31. The van der Waals surface area contributed by atoms with Gasteiger partial charge in [0.2, 0.25) is 5.91 Å². The minimum absolute atomic E-state index is 0.0316. The van der Waals surface area contributed by atoms with Gasteiger partial charge in [-0.1, -0.05) is 36.4 Å². The summed E-state index contributed by atoms with van der Waals surface area (Å²) in [4.78, 5) is 24.5. The van der Waals surface area contributed by atoms with E-state index in [1.807, 2.05) is 48.7 Å². The van der Waals surface area contributed by atoms with Gasteiger partial charge in [0, 0.05) is 34.0 Å². The number of fused-ring (bicyclic) bond motifs is 1. The van der Waals surface area contributed by atoms with E-state index in [0.717, 1.165) is 37.7 Å². The summed E-state index contributed by atoms with van der Waals surface area (Å²) < 4.78 is 0. The van der Waals surface area contributed by atoms with Gasteiger partial charge in [-0.15, -0.1) is 23.1 Å². The molecule has 1 amide bonds. The number of rotatable bonds is 7. The molecule has 7 heteroatoms. The van der Waals surface area contributed by atoms with Crippen molar-refractivity contribution >= 4 is 50.7 Å². The zero-order valence-corrected chi connectivity index (χ0v) is 18.4. The number of nitrogens with one attached hydrogen (secondary N) is 2.